The molecule has 5 heteroatoms. The van der Waals surface area contributed by atoms with E-state index >= 15 is 0 Å². The third-order valence-electron chi connectivity index (χ3n) is 2.58. The fraction of sp³-hybridized carbons (Fsp3) is 0.462. The molecule has 3 nitrogen and oxygen atoms in total. The first kappa shape index (κ1) is 15.4. The monoisotopic (exact) mass is 331 g/mol. The van der Waals surface area contributed by atoms with Crippen LogP contribution in [0.1, 0.15) is 19.4 Å². The van der Waals surface area contributed by atoms with E-state index in [4.69, 9.17) is 4.74 Å². The fourth-order valence-electron chi connectivity index (χ4n) is 1.55. The summed E-state index contributed by atoms with van der Waals surface area (Å²) in [5.41, 5.74) is 1.11. The average molecular weight is 332 g/mol. The molecule has 0 spiro atoms. The minimum Gasteiger partial charge on any atom is -0.380 e. The van der Waals surface area contributed by atoms with Gasteiger partial charge >= 0.3 is 0 Å². The molecule has 1 atom stereocenters. The molecular weight excluding hydrogens is 314 g/mol. The maximum atomic E-state index is 11.9. The molecule has 1 rings (SSSR count). The zero-order valence-corrected chi connectivity index (χ0v) is 13.1. The summed E-state index contributed by atoms with van der Waals surface area (Å²) in [5.74, 6) is -0.0692. The fourth-order valence-corrected chi connectivity index (χ4v) is 2.97. The van der Waals surface area contributed by atoms with Crippen LogP contribution < -0.4 is 0 Å². The summed E-state index contributed by atoms with van der Waals surface area (Å²) in [4.78, 5) is 13.7. The van der Waals surface area contributed by atoms with Gasteiger partial charge in [-0.25, -0.2) is 0 Å². The van der Waals surface area contributed by atoms with Gasteiger partial charge in [-0.05, 0) is 46.8 Å². The molecular formula is C13H18BrNO2S. The molecule has 0 fully saturated rings. The molecule has 0 aromatic carbocycles. The number of carbonyl (C=O) groups is 1. The van der Waals surface area contributed by atoms with Crippen molar-refractivity contribution in [2.45, 2.75) is 26.4 Å². The first-order valence-corrected chi connectivity index (χ1v) is 7.55. The number of carbonyl (C=O) groups excluding carboxylic acids is 1. The lowest BCUT2D eigenvalue weighted by molar-refractivity contribution is -0.129. The van der Waals surface area contributed by atoms with Crippen molar-refractivity contribution in [2.75, 3.05) is 13.2 Å². The van der Waals surface area contributed by atoms with E-state index in [0.29, 0.717) is 19.8 Å². The number of amides is 1. The van der Waals surface area contributed by atoms with Crippen LogP contribution in [-0.2, 0) is 16.1 Å². The second kappa shape index (κ2) is 7.71. The van der Waals surface area contributed by atoms with Crippen molar-refractivity contribution in [2.24, 2.45) is 0 Å². The Hall–Kier alpha value is -0.650. The molecule has 0 aliphatic carbocycles. The van der Waals surface area contributed by atoms with Crippen molar-refractivity contribution in [3.05, 3.63) is 33.5 Å². The van der Waals surface area contributed by atoms with Gasteiger partial charge < -0.3 is 9.64 Å². The quantitative estimate of drug-likeness (QED) is 0.716. The van der Waals surface area contributed by atoms with E-state index in [0.717, 1.165) is 10.0 Å². The van der Waals surface area contributed by atoms with Crippen molar-refractivity contribution in [1.82, 2.24) is 4.90 Å². The number of thiophene rings is 1. The van der Waals surface area contributed by atoms with Gasteiger partial charge in [0.25, 0.3) is 0 Å². The van der Waals surface area contributed by atoms with Crippen LogP contribution in [0.4, 0.5) is 0 Å². The van der Waals surface area contributed by atoms with Crippen LogP contribution in [0, 0.1) is 0 Å². The number of hydrogen-bond donors (Lipinski definition) is 0. The second-order valence-electron chi connectivity index (χ2n) is 3.92. The third-order valence-corrected chi connectivity index (χ3v) is 4.42. The number of rotatable bonds is 7. The van der Waals surface area contributed by atoms with Gasteiger partial charge in [0.15, 0.2) is 0 Å². The summed E-state index contributed by atoms with van der Waals surface area (Å²) in [7, 11) is 0. The standard InChI is InChI=1S/C13H18BrNO2S/c1-4-13(16)15(10(3)7-17-5-2)6-11-8-18-9-12(11)14/h4,8-10H,1,5-7H2,2-3H3/t10-/m1/s1. The summed E-state index contributed by atoms with van der Waals surface area (Å²) in [5, 5.41) is 4.06. The molecule has 0 bridgehead atoms. The zero-order chi connectivity index (χ0) is 13.5. The molecule has 0 aliphatic heterocycles. The minimum absolute atomic E-state index is 0.0299. The van der Waals surface area contributed by atoms with E-state index in [1.54, 1.807) is 16.2 Å². The van der Waals surface area contributed by atoms with Gasteiger partial charge in [0.1, 0.15) is 0 Å². The first-order valence-electron chi connectivity index (χ1n) is 5.81. The van der Waals surface area contributed by atoms with Gasteiger partial charge in [-0.2, -0.15) is 11.3 Å². The number of nitrogens with zero attached hydrogens (tertiary/aromatic N) is 1. The normalized spacial score (nSPS) is 12.2. The Morgan fingerprint density at radius 3 is 2.89 bits per heavy atom. The Bertz CT molecular complexity index is 405. The Kier molecular flexibility index (Phi) is 6.60. The van der Waals surface area contributed by atoms with Crippen LogP contribution in [-0.4, -0.2) is 30.1 Å². The molecule has 0 saturated heterocycles. The smallest absolute Gasteiger partial charge is 0.246 e. The Morgan fingerprint density at radius 1 is 1.67 bits per heavy atom. The molecule has 0 unspecified atom stereocenters. The van der Waals surface area contributed by atoms with Crippen LogP contribution in [0.25, 0.3) is 0 Å². The Morgan fingerprint density at radius 2 is 2.39 bits per heavy atom. The molecule has 1 amide bonds. The molecule has 0 saturated carbocycles. The summed E-state index contributed by atoms with van der Waals surface area (Å²) >= 11 is 5.10. The predicted octanol–water partition coefficient (Wildman–Crippen LogP) is 3.45. The van der Waals surface area contributed by atoms with Crippen LogP contribution in [0.3, 0.4) is 0 Å². The summed E-state index contributed by atoms with van der Waals surface area (Å²) in [6.45, 7) is 9.25. The maximum absolute atomic E-state index is 11.9. The molecule has 1 heterocycles. The van der Waals surface area contributed by atoms with Crippen molar-refractivity contribution < 1.29 is 9.53 Å². The van der Waals surface area contributed by atoms with Gasteiger partial charge in [0.2, 0.25) is 5.91 Å². The molecule has 0 radical (unpaired) electrons. The van der Waals surface area contributed by atoms with Gasteiger partial charge in [0.05, 0.1) is 12.6 Å². The minimum atomic E-state index is -0.0692. The zero-order valence-electron chi connectivity index (χ0n) is 10.7. The second-order valence-corrected chi connectivity index (χ2v) is 5.52. The van der Waals surface area contributed by atoms with Gasteiger partial charge in [-0.15, -0.1) is 0 Å². The van der Waals surface area contributed by atoms with E-state index in [9.17, 15) is 4.79 Å². The highest BCUT2D eigenvalue weighted by Crippen LogP contribution is 2.23. The highest BCUT2D eigenvalue weighted by Gasteiger charge is 2.19. The molecule has 1 aromatic rings. The van der Waals surface area contributed by atoms with E-state index in [1.165, 1.54) is 6.08 Å². The van der Waals surface area contributed by atoms with E-state index in [2.05, 4.69) is 22.5 Å². The van der Waals surface area contributed by atoms with E-state index in [1.807, 2.05) is 24.6 Å². The lowest BCUT2D eigenvalue weighted by Gasteiger charge is -2.28. The first-order chi connectivity index (χ1) is 8.60. The van der Waals surface area contributed by atoms with Crippen molar-refractivity contribution >= 4 is 33.2 Å². The lowest BCUT2D eigenvalue weighted by atomic mass is 10.2. The number of hydrogen-bond acceptors (Lipinski definition) is 3. The van der Waals surface area contributed by atoms with Gasteiger partial charge in [-0.3, -0.25) is 4.79 Å². The number of ether oxygens (including phenoxy) is 1. The largest absolute Gasteiger partial charge is 0.380 e. The third kappa shape index (κ3) is 4.23. The van der Waals surface area contributed by atoms with Crippen LogP contribution in [0.2, 0.25) is 0 Å². The summed E-state index contributed by atoms with van der Waals surface area (Å²) in [6.07, 6.45) is 1.35. The van der Waals surface area contributed by atoms with Crippen molar-refractivity contribution in [1.29, 1.82) is 0 Å². The Labute approximate surface area is 121 Å². The molecule has 1 aromatic heterocycles. The number of halogens is 1. The van der Waals surface area contributed by atoms with Crippen molar-refractivity contribution in [3.63, 3.8) is 0 Å². The molecule has 100 valence electrons. The van der Waals surface area contributed by atoms with Crippen LogP contribution >= 0.6 is 27.3 Å². The van der Waals surface area contributed by atoms with Gasteiger partial charge in [-0.1, -0.05) is 6.58 Å². The van der Waals surface area contributed by atoms with Gasteiger partial charge in [0, 0.05) is 23.0 Å². The topological polar surface area (TPSA) is 29.5 Å². The average Bonchev–Trinajstić information content (AvgIpc) is 2.77. The van der Waals surface area contributed by atoms with Crippen molar-refractivity contribution in [3.8, 4) is 0 Å². The Balaban J connectivity index is 2.75. The summed E-state index contributed by atoms with van der Waals surface area (Å²) < 4.78 is 6.42. The molecule has 18 heavy (non-hydrogen) atoms. The van der Waals surface area contributed by atoms with E-state index < -0.39 is 0 Å². The highest BCUT2D eigenvalue weighted by molar-refractivity contribution is 9.10. The predicted molar refractivity (Wildman–Crippen MR) is 78.7 cm³/mol. The summed E-state index contributed by atoms with van der Waals surface area (Å²) in [6, 6.07) is 0.0299. The van der Waals surface area contributed by atoms with E-state index in [-0.39, 0.29) is 11.9 Å². The lowest BCUT2D eigenvalue weighted by Crippen LogP contribution is -2.39. The SMILES string of the molecule is C=CC(=O)N(Cc1cscc1Br)[C@H](C)COCC. The molecule has 0 aliphatic rings. The maximum Gasteiger partial charge on any atom is 0.246 e. The van der Waals surface area contributed by atoms with Crippen LogP contribution in [0.15, 0.2) is 27.9 Å². The van der Waals surface area contributed by atoms with Crippen LogP contribution in [0.5, 0.6) is 0 Å². The highest BCUT2D eigenvalue weighted by atomic mass is 79.9. The molecule has 0 N–H and O–H groups in total.